The standard InChI is InChI=1S/C15H22O2S/c1-15(2,3)18-9-8-17-12-5-6-13-11(10-12)4-7-14(13)16/h5-6,10,14,16H,4,7-9H2,1-3H3/t14-/m1/s1. The van der Waals surface area contributed by atoms with Gasteiger partial charge in [-0.15, -0.1) is 0 Å². The average Bonchev–Trinajstić information content (AvgIpc) is 2.65. The van der Waals surface area contributed by atoms with Gasteiger partial charge in [-0.05, 0) is 36.1 Å². The van der Waals surface area contributed by atoms with Crippen molar-refractivity contribution in [2.24, 2.45) is 0 Å². The maximum Gasteiger partial charge on any atom is 0.119 e. The number of aliphatic hydroxyl groups excluding tert-OH is 1. The molecule has 18 heavy (non-hydrogen) atoms. The molecule has 1 aliphatic rings. The van der Waals surface area contributed by atoms with Crippen LogP contribution in [0.5, 0.6) is 5.75 Å². The first-order valence-electron chi connectivity index (χ1n) is 6.53. The van der Waals surface area contributed by atoms with Crippen LogP contribution >= 0.6 is 11.8 Å². The predicted molar refractivity (Wildman–Crippen MR) is 77.4 cm³/mol. The molecular formula is C15H22O2S. The number of hydrogen-bond donors (Lipinski definition) is 1. The largest absolute Gasteiger partial charge is 0.493 e. The Labute approximate surface area is 114 Å². The van der Waals surface area contributed by atoms with E-state index in [1.54, 1.807) is 0 Å². The summed E-state index contributed by atoms with van der Waals surface area (Å²) in [5, 5.41) is 9.73. The third-order valence-electron chi connectivity index (χ3n) is 3.05. The molecule has 1 aromatic carbocycles. The van der Waals surface area contributed by atoms with E-state index in [0.29, 0.717) is 4.75 Å². The quantitative estimate of drug-likeness (QED) is 0.845. The summed E-state index contributed by atoms with van der Waals surface area (Å²) in [5.74, 6) is 1.93. The lowest BCUT2D eigenvalue weighted by Gasteiger charge is -2.17. The molecule has 0 aromatic heterocycles. The maximum absolute atomic E-state index is 9.73. The summed E-state index contributed by atoms with van der Waals surface area (Å²) >= 11 is 1.91. The summed E-state index contributed by atoms with van der Waals surface area (Å²) in [7, 11) is 0. The molecule has 0 aliphatic heterocycles. The van der Waals surface area contributed by atoms with Crippen molar-refractivity contribution in [3.8, 4) is 5.75 Å². The van der Waals surface area contributed by atoms with Crippen molar-refractivity contribution < 1.29 is 9.84 Å². The van der Waals surface area contributed by atoms with E-state index in [1.165, 1.54) is 5.56 Å². The second kappa shape index (κ2) is 5.54. The molecule has 0 radical (unpaired) electrons. The highest BCUT2D eigenvalue weighted by molar-refractivity contribution is 8.00. The molecule has 1 aromatic rings. The first-order chi connectivity index (χ1) is 8.46. The van der Waals surface area contributed by atoms with E-state index in [4.69, 9.17) is 4.74 Å². The molecule has 2 nitrogen and oxygen atoms in total. The average molecular weight is 266 g/mol. The number of aryl methyl sites for hydroxylation is 1. The van der Waals surface area contributed by atoms with Crippen LogP contribution in [0, 0.1) is 0 Å². The Bertz CT molecular complexity index is 409. The van der Waals surface area contributed by atoms with E-state index in [-0.39, 0.29) is 6.10 Å². The molecular weight excluding hydrogens is 244 g/mol. The van der Waals surface area contributed by atoms with Gasteiger partial charge < -0.3 is 9.84 Å². The van der Waals surface area contributed by atoms with Gasteiger partial charge in [0.15, 0.2) is 0 Å². The predicted octanol–water partition coefficient (Wildman–Crippen LogP) is 3.58. The first-order valence-corrected chi connectivity index (χ1v) is 7.52. The molecule has 0 saturated carbocycles. The van der Waals surface area contributed by atoms with Crippen LogP contribution in [0.25, 0.3) is 0 Å². The van der Waals surface area contributed by atoms with Crippen molar-refractivity contribution in [3.05, 3.63) is 29.3 Å². The van der Waals surface area contributed by atoms with Crippen molar-refractivity contribution in [2.75, 3.05) is 12.4 Å². The van der Waals surface area contributed by atoms with Gasteiger partial charge in [-0.2, -0.15) is 11.8 Å². The summed E-state index contributed by atoms with van der Waals surface area (Å²) in [6.07, 6.45) is 1.54. The van der Waals surface area contributed by atoms with Crippen LogP contribution < -0.4 is 4.74 Å². The fourth-order valence-corrected chi connectivity index (χ4v) is 2.95. The molecule has 3 heteroatoms. The van der Waals surface area contributed by atoms with Crippen LogP contribution in [0.3, 0.4) is 0 Å². The lowest BCUT2D eigenvalue weighted by Crippen LogP contribution is -2.11. The second-order valence-corrected chi connectivity index (χ2v) is 7.65. The Morgan fingerprint density at radius 2 is 2.17 bits per heavy atom. The highest BCUT2D eigenvalue weighted by atomic mass is 32.2. The van der Waals surface area contributed by atoms with E-state index in [1.807, 2.05) is 23.9 Å². The highest BCUT2D eigenvalue weighted by Gasteiger charge is 2.20. The summed E-state index contributed by atoms with van der Waals surface area (Å²) in [5.41, 5.74) is 2.31. The van der Waals surface area contributed by atoms with Gasteiger partial charge in [0, 0.05) is 10.5 Å². The van der Waals surface area contributed by atoms with Gasteiger partial charge in [0.25, 0.3) is 0 Å². The summed E-state index contributed by atoms with van der Waals surface area (Å²) in [6, 6.07) is 6.04. The monoisotopic (exact) mass is 266 g/mol. The van der Waals surface area contributed by atoms with Crippen molar-refractivity contribution in [1.29, 1.82) is 0 Å². The van der Waals surface area contributed by atoms with E-state index in [0.717, 1.165) is 36.5 Å². The molecule has 0 amide bonds. The normalized spacial score (nSPS) is 18.8. The van der Waals surface area contributed by atoms with E-state index >= 15 is 0 Å². The van der Waals surface area contributed by atoms with Crippen molar-refractivity contribution in [3.63, 3.8) is 0 Å². The van der Waals surface area contributed by atoms with E-state index in [9.17, 15) is 5.11 Å². The zero-order valence-corrected chi connectivity index (χ0v) is 12.2. The van der Waals surface area contributed by atoms with Crippen LogP contribution in [0.15, 0.2) is 18.2 Å². The van der Waals surface area contributed by atoms with Gasteiger partial charge in [-0.1, -0.05) is 26.8 Å². The Morgan fingerprint density at radius 3 is 2.89 bits per heavy atom. The van der Waals surface area contributed by atoms with Crippen molar-refractivity contribution in [2.45, 2.75) is 44.5 Å². The van der Waals surface area contributed by atoms with Gasteiger partial charge in [0.2, 0.25) is 0 Å². The molecule has 2 rings (SSSR count). The third kappa shape index (κ3) is 3.66. The molecule has 100 valence electrons. The van der Waals surface area contributed by atoms with E-state index in [2.05, 4.69) is 26.8 Å². The molecule has 0 fully saturated rings. The molecule has 1 N–H and O–H groups in total. The summed E-state index contributed by atoms with van der Waals surface area (Å²) in [6.45, 7) is 7.39. The lowest BCUT2D eigenvalue weighted by molar-refractivity contribution is 0.180. The zero-order valence-electron chi connectivity index (χ0n) is 11.4. The highest BCUT2D eigenvalue weighted by Crippen LogP contribution is 2.33. The van der Waals surface area contributed by atoms with Gasteiger partial charge in [0.1, 0.15) is 5.75 Å². The smallest absolute Gasteiger partial charge is 0.119 e. The fourth-order valence-electron chi connectivity index (χ4n) is 2.17. The number of rotatable bonds is 4. The number of benzene rings is 1. The third-order valence-corrected chi connectivity index (χ3v) is 4.28. The first kappa shape index (κ1) is 13.8. The Hall–Kier alpha value is -0.670. The van der Waals surface area contributed by atoms with Gasteiger partial charge >= 0.3 is 0 Å². The van der Waals surface area contributed by atoms with Crippen LogP contribution in [0.4, 0.5) is 0 Å². The SMILES string of the molecule is CC(C)(C)SCCOc1ccc2c(c1)CC[C@H]2O. The van der Waals surface area contributed by atoms with Crippen LogP contribution in [-0.2, 0) is 6.42 Å². The molecule has 1 atom stereocenters. The van der Waals surface area contributed by atoms with Gasteiger partial charge in [0.05, 0.1) is 12.7 Å². The molecule has 0 unspecified atom stereocenters. The minimum absolute atomic E-state index is 0.273. The summed E-state index contributed by atoms with van der Waals surface area (Å²) in [4.78, 5) is 0. The Morgan fingerprint density at radius 1 is 1.39 bits per heavy atom. The molecule has 0 bridgehead atoms. The zero-order chi connectivity index (χ0) is 13.2. The second-order valence-electron chi connectivity index (χ2n) is 5.72. The Kier molecular flexibility index (Phi) is 4.23. The summed E-state index contributed by atoms with van der Waals surface area (Å²) < 4.78 is 6.06. The van der Waals surface area contributed by atoms with Crippen LogP contribution in [0.1, 0.15) is 44.4 Å². The maximum atomic E-state index is 9.73. The molecule has 0 spiro atoms. The van der Waals surface area contributed by atoms with Crippen molar-refractivity contribution in [1.82, 2.24) is 0 Å². The molecule has 0 heterocycles. The van der Waals surface area contributed by atoms with Gasteiger partial charge in [-0.25, -0.2) is 0 Å². The fraction of sp³-hybridized carbons (Fsp3) is 0.600. The van der Waals surface area contributed by atoms with Crippen molar-refractivity contribution >= 4 is 11.8 Å². The van der Waals surface area contributed by atoms with Gasteiger partial charge in [-0.3, -0.25) is 0 Å². The minimum Gasteiger partial charge on any atom is -0.493 e. The number of hydrogen-bond acceptors (Lipinski definition) is 3. The number of thioether (sulfide) groups is 1. The number of ether oxygens (including phenoxy) is 1. The number of aliphatic hydroxyl groups is 1. The van der Waals surface area contributed by atoms with Crippen LogP contribution in [-0.4, -0.2) is 22.2 Å². The van der Waals surface area contributed by atoms with Crippen LogP contribution in [0.2, 0.25) is 0 Å². The lowest BCUT2D eigenvalue weighted by atomic mass is 10.1. The number of fused-ring (bicyclic) bond motifs is 1. The molecule has 0 saturated heterocycles. The molecule has 1 aliphatic carbocycles. The Balaban J connectivity index is 1.84. The minimum atomic E-state index is -0.273. The van der Waals surface area contributed by atoms with E-state index < -0.39 is 0 Å². The topological polar surface area (TPSA) is 29.5 Å².